The van der Waals surface area contributed by atoms with Crippen LogP contribution in [0.3, 0.4) is 0 Å². The third-order valence-electron chi connectivity index (χ3n) is 4.69. The molecule has 0 aromatic rings. The van der Waals surface area contributed by atoms with Gasteiger partial charge in [0.15, 0.2) is 0 Å². The maximum atomic E-state index is 5.47. The van der Waals surface area contributed by atoms with E-state index in [4.69, 9.17) is 4.74 Å². The van der Waals surface area contributed by atoms with Crippen molar-refractivity contribution in [3.8, 4) is 0 Å². The van der Waals surface area contributed by atoms with Crippen LogP contribution in [0, 0.1) is 17.8 Å². The Labute approximate surface area is 107 Å². The maximum Gasteiger partial charge on any atom is 0.0468 e. The van der Waals surface area contributed by atoms with Crippen LogP contribution in [0.4, 0.5) is 0 Å². The summed E-state index contributed by atoms with van der Waals surface area (Å²) in [4.78, 5) is 0. The molecule has 1 aliphatic heterocycles. The smallest absolute Gasteiger partial charge is 0.0468 e. The third kappa shape index (κ3) is 3.96. The van der Waals surface area contributed by atoms with E-state index in [-0.39, 0.29) is 0 Å². The molecule has 0 bridgehead atoms. The minimum Gasteiger partial charge on any atom is -0.381 e. The van der Waals surface area contributed by atoms with Crippen LogP contribution in [0.1, 0.15) is 52.4 Å². The van der Waals surface area contributed by atoms with E-state index < -0.39 is 0 Å². The van der Waals surface area contributed by atoms with E-state index in [1.165, 1.54) is 38.5 Å². The minimum absolute atomic E-state index is 0.791. The Bertz CT molecular complexity index is 213. The van der Waals surface area contributed by atoms with E-state index in [9.17, 15) is 0 Å². The summed E-state index contributed by atoms with van der Waals surface area (Å²) in [6, 6.07) is 0.791. The Hall–Kier alpha value is -0.0800. The summed E-state index contributed by atoms with van der Waals surface area (Å²) in [6.45, 7) is 7.80. The van der Waals surface area contributed by atoms with Crippen LogP contribution in [0.2, 0.25) is 0 Å². The van der Waals surface area contributed by atoms with Crippen molar-refractivity contribution < 1.29 is 4.74 Å². The third-order valence-corrected chi connectivity index (χ3v) is 4.69. The van der Waals surface area contributed by atoms with Gasteiger partial charge < -0.3 is 10.1 Å². The van der Waals surface area contributed by atoms with Crippen LogP contribution in [-0.4, -0.2) is 25.8 Å². The van der Waals surface area contributed by atoms with Crippen LogP contribution in [0.25, 0.3) is 0 Å². The van der Waals surface area contributed by atoms with Crippen molar-refractivity contribution in [1.29, 1.82) is 0 Å². The largest absolute Gasteiger partial charge is 0.381 e. The Morgan fingerprint density at radius 3 is 2.59 bits per heavy atom. The summed E-state index contributed by atoms with van der Waals surface area (Å²) in [5, 5.41) is 3.71. The van der Waals surface area contributed by atoms with E-state index in [0.29, 0.717) is 0 Å². The average Bonchev–Trinajstić information content (AvgIpc) is 2.34. The molecule has 0 aromatic carbocycles. The molecule has 0 radical (unpaired) electrons. The molecule has 2 nitrogen and oxygen atoms in total. The molecular formula is C15H29NO. The first-order valence-electron chi connectivity index (χ1n) is 7.60. The van der Waals surface area contributed by atoms with Crippen molar-refractivity contribution in [2.75, 3.05) is 19.8 Å². The standard InChI is InChI=1S/C15H29NO/c1-3-16-15-5-4-12(2)10-14(15)11-13-6-8-17-9-7-13/h12-16H,3-11H2,1-2H3. The average molecular weight is 239 g/mol. The second-order valence-corrected chi connectivity index (χ2v) is 6.13. The molecule has 2 heteroatoms. The van der Waals surface area contributed by atoms with E-state index in [2.05, 4.69) is 19.2 Å². The molecule has 3 atom stereocenters. The molecule has 1 N–H and O–H groups in total. The Morgan fingerprint density at radius 1 is 1.12 bits per heavy atom. The van der Waals surface area contributed by atoms with Gasteiger partial charge in [0, 0.05) is 19.3 Å². The lowest BCUT2D eigenvalue weighted by Gasteiger charge is -2.38. The molecular weight excluding hydrogens is 210 g/mol. The topological polar surface area (TPSA) is 21.3 Å². The number of ether oxygens (including phenoxy) is 1. The lowest BCUT2D eigenvalue weighted by molar-refractivity contribution is 0.0508. The van der Waals surface area contributed by atoms with E-state index >= 15 is 0 Å². The predicted octanol–water partition coefficient (Wildman–Crippen LogP) is 3.22. The number of rotatable bonds is 4. The Balaban J connectivity index is 1.85. The maximum absolute atomic E-state index is 5.47. The number of hydrogen-bond donors (Lipinski definition) is 1. The molecule has 0 aromatic heterocycles. The van der Waals surface area contributed by atoms with Crippen molar-refractivity contribution in [2.24, 2.45) is 17.8 Å². The van der Waals surface area contributed by atoms with E-state index in [1.54, 1.807) is 0 Å². The highest BCUT2D eigenvalue weighted by Crippen LogP contribution is 2.35. The molecule has 2 fully saturated rings. The van der Waals surface area contributed by atoms with Crippen molar-refractivity contribution >= 4 is 0 Å². The summed E-state index contributed by atoms with van der Waals surface area (Å²) in [7, 11) is 0. The molecule has 2 rings (SSSR count). The SMILES string of the molecule is CCNC1CCC(C)CC1CC1CCOCC1. The first-order chi connectivity index (χ1) is 8.29. The van der Waals surface area contributed by atoms with Crippen LogP contribution < -0.4 is 5.32 Å². The highest BCUT2D eigenvalue weighted by molar-refractivity contribution is 4.85. The first kappa shape index (κ1) is 13.4. The molecule has 0 amide bonds. The number of nitrogens with one attached hydrogen (secondary N) is 1. The molecule has 17 heavy (non-hydrogen) atoms. The van der Waals surface area contributed by atoms with Crippen LogP contribution in [-0.2, 0) is 4.74 Å². The highest BCUT2D eigenvalue weighted by Gasteiger charge is 2.30. The zero-order valence-corrected chi connectivity index (χ0v) is 11.6. The summed E-state index contributed by atoms with van der Waals surface area (Å²) in [5.41, 5.74) is 0. The monoisotopic (exact) mass is 239 g/mol. The molecule has 100 valence electrons. The van der Waals surface area contributed by atoms with Gasteiger partial charge in [0.1, 0.15) is 0 Å². The van der Waals surface area contributed by atoms with E-state index in [1.807, 2.05) is 0 Å². The van der Waals surface area contributed by atoms with Crippen molar-refractivity contribution in [2.45, 2.75) is 58.4 Å². The fourth-order valence-corrected chi connectivity index (χ4v) is 3.70. The lowest BCUT2D eigenvalue weighted by Crippen LogP contribution is -2.41. The van der Waals surface area contributed by atoms with Crippen LogP contribution in [0.5, 0.6) is 0 Å². The fraction of sp³-hybridized carbons (Fsp3) is 1.00. The van der Waals surface area contributed by atoms with Crippen molar-refractivity contribution in [3.63, 3.8) is 0 Å². The van der Waals surface area contributed by atoms with Gasteiger partial charge in [-0.2, -0.15) is 0 Å². The van der Waals surface area contributed by atoms with Gasteiger partial charge in [-0.05, 0) is 62.8 Å². The number of hydrogen-bond acceptors (Lipinski definition) is 2. The summed E-state index contributed by atoms with van der Waals surface area (Å²) in [5.74, 6) is 2.79. The molecule has 1 aliphatic carbocycles. The summed E-state index contributed by atoms with van der Waals surface area (Å²) in [6.07, 6.45) is 8.28. The van der Waals surface area contributed by atoms with Crippen molar-refractivity contribution in [1.82, 2.24) is 5.32 Å². The van der Waals surface area contributed by atoms with Gasteiger partial charge in [0.05, 0.1) is 0 Å². The summed E-state index contributed by atoms with van der Waals surface area (Å²) >= 11 is 0. The van der Waals surface area contributed by atoms with Gasteiger partial charge >= 0.3 is 0 Å². The van der Waals surface area contributed by atoms with Crippen molar-refractivity contribution in [3.05, 3.63) is 0 Å². The highest BCUT2D eigenvalue weighted by atomic mass is 16.5. The van der Waals surface area contributed by atoms with Gasteiger partial charge in [-0.1, -0.05) is 13.8 Å². The normalized spacial score (nSPS) is 36.0. The molecule has 1 heterocycles. The second kappa shape index (κ2) is 6.75. The lowest BCUT2D eigenvalue weighted by atomic mass is 9.73. The minimum atomic E-state index is 0.791. The summed E-state index contributed by atoms with van der Waals surface area (Å²) < 4.78 is 5.47. The molecule has 1 saturated heterocycles. The quantitative estimate of drug-likeness (QED) is 0.813. The Kier molecular flexibility index (Phi) is 5.30. The van der Waals surface area contributed by atoms with Crippen LogP contribution in [0.15, 0.2) is 0 Å². The van der Waals surface area contributed by atoms with Gasteiger partial charge in [0.2, 0.25) is 0 Å². The molecule has 3 unspecified atom stereocenters. The van der Waals surface area contributed by atoms with Gasteiger partial charge in [-0.3, -0.25) is 0 Å². The predicted molar refractivity (Wildman–Crippen MR) is 72.1 cm³/mol. The van der Waals surface area contributed by atoms with Gasteiger partial charge in [-0.25, -0.2) is 0 Å². The zero-order valence-electron chi connectivity index (χ0n) is 11.6. The van der Waals surface area contributed by atoms with Gasteiger partial charge in [0.25, 0.3) is 0 Å². The fourth-order valence-electron chi connectivity index (χ4n) is 3.70. The first-order valence-corrected chi connectivity index (χ1v) is 7.60. The molecule has 2 aliphatic rings. The van der Waals surface area contributed by atoms with Crippen LogP contribution >= 0.6 is 0 Å². The molecule has 1 saturated carbocycles. The Morgan fingerprint density at radius 2 is 1.88 bits per heavy atom. The van der Waals surface area contributed by atoms with E-state index in [0.717, 1.165) is 43.6 Å². The zero-order chi connectivity index (χ0) is 12.1. The molecule has 0 spiro atoms. The van der Waals surface area contributed by atoms with Gasteiger partial charge in [-0.15, -0.1) is 0 Å². The second-order valence-electron chi connectivity index (χ2n) is 6.13.